The molecule has 0 aliphatic heterocycles. The van der Waals surface area contributed by atoms with Gasteiger partial charge in [0.25, 0.3) is 0 Å². The van der Waals surface area contributed by atoms with Crippen molar-refractivity contribution in [3.63, 3.8) is 0 Å². The summed E-state index contributed by atoms with van der Waals surface area (Å²) in [4.78, 5) is 20.5. The van der Waals surface area contributed by atoms with E-state index < -0.39 is 0 Å². The molecular formula is C14H28O4. The molecule has 0 spiro atoms. The summed E-state index contributed by atoms with van der Waals surface area (Å²) < 4.78 is 9.35. The summed E-state index contributed by atoms with van der Waals surface area (Å²) in [6, 6.07) is 0. The lowest BCUT2D eigenvalue weighted by Gasteiger charge is -2.03. The molecule has 0 rings (SSSR count). The summed E-state index contributed by atoms with van der Waals surface area (Å²) in [5, 5.41) is 0. The van der Waals surface area contributed by atoms with Crippen molar-refractivity contribution in [2.75, 3.05) is 14.2 Å². The van der Waals surface area contributed by atoms with E-state index in [9.17, 15) is 9.59 Å². The van der Waals surface area contributed by atoms with Crippen molar-refractivity contribution < 1.29 is 19.1 Å². The predicted molar refractivity (Wildman–Crippen MR) is 72.5 cm³/mol. The highest BCUT2D eigenvalue weighted by Gasteiger charge is 1.97. The lowest BCUT2D eigenvalue weighted by atomic mass is 10.1. The molecule has 0 N–H and O–H groups in total. The molecule has 0 aliphatic rings. The maximum atomic E-state index is 10.5. The molecule has 0 aliphatic carbocycles. The highest BCUT2D eigenvalue weighted by molar-refractivity contribution is 6.24. The fraction of sp³-hybridized carbons (Fsp3) is 0.857. The first-order valence-electron chi connectivity index (χ1n) is 6.65. The molecule has 0 heterocycles. The van der Waals surface area contributed by atoms with Crippen molar-refractivity contribution in [2.24, 2.45) is 0 Å². The molecule has 0 atom stereocenters. The maximum absolute atomic E-state index is 10.5. The van der Waals surface area contributed by atoms with Crippen LogP contribution in [0.15, 0.2) is 0 Å². The van der Waals surface area contributed by atoms with E-state index >= 15 is 0 Å². The lowest BCUT2D eigenvalue weighted by molar-refractivity contribution is -0.129. The van der Waals surface area contributed by atoms with Crippen LogP contribution in [0, 0.1) is 0 Å². The Morgan fingerprint density at radius 1 is 1.06 bits per heavy atom. The van der Waals surface area contributed by atoms with Crippen LogP contribution < -0.4 is 0 Å². The first-order valence-corrected chi connectivity index (χ1v) is 6.65. The van der Waals surface area contributed by atoms with E-state index in [-0.39, 0.29) is 12.1 Å². The van der Waals surface area contributed by atoms with Crippen LogP contribution in [0.5, 0.6) is 0 Å². The van der Waals surface area contributed by atoms with Gasteiger partial charge in [-0.05, 0) is 13.3 Å². The number of hydrogen-bond acceptors (Lipinski definition) is 4. The summed E-state index contributed by atoms with van der Waals surface area (Å²) in [7, 11) is 3.21. The zero-order valence-corrected chi connectivity index (χ0v) is 12.2. The summed E-state index contributed by atoms with van der Waals surface area (Å²) in [5.74, 6) is -0.259. The number of ether oxygens (including phenoxy) is 2. The van der Waals surface area contributed by atoms with E-state index in [1.807, 2.05) is 6.92 Å². The van der Waals surface area contributed by atoms with Gasteiger partial charge in [-0.3, -0.25) is 9.59 Å². The van der Waals surface area contributed by atoms with E-state index in [1.54, 1.807) is 14.2 Å². The molecule has 0 aromatic heterocycles. The molecule has 0 saturated carbocycles. The predicted octanol–water partition coefficient (Wildman–Crippen LogP) is 3.13. The zero-order valence-electron chi connectivity index (χ0n) is 12.2. The second kappa shape index (κ2) is 16.3. The SMILES string of the molecule is CCCCCCCCC(=O)C=O.COC(C)OC. The number of carbonyl (C=O) groups excluding carboxylic acids is 2. The minimum Gasteiger partial charge on any atom is -0.356 e. The molecule has 18 heavy (non-hydrogen) atoms. The number of rotatable bonds is 10. The first-order chi connectivity index (χ1) is 8.62. The van der Waals surface area contributed by atoms with Crippen molar-refractivity contribution in [1.29, 1.82) is 0 Å². The Labute approximate surface area is 111 Å². The topological polar surface area (TPSA) is 52.6 Å². The van der Waals surface area contributed by atoms with Gasteiger partial charge in [0.1, 0.15) is 0 Å². The van der Waals surface area contributed by atoms with Crippen molar-refractivity contribution >= 4 is 12.1 Å². The van der Waals surface area contributed by atoms with Crippen molar-refractivity contribution in [2.45, 2.75) is 65.1 Å². The van der Waals surface area contributed by atoms with Crippen LogP contribution in [0.1, 0.15) is 58.8 Å². The van der Waals surface area contributed by atoms with Gasteiger partial charge in [0, 0.05) is 20.6 Å². The van der Waals surface area contributed by atoms with Gasteiger partial charge in [0.2, 0.25) is 0 Å². The van der Waals surface area contributed by atoms with Crippen LogP contribution in [-0.4, -0.2) is 32.6 Å². The van der Waals surface area contributed by atoms with Crippen LogP contribution in [0.4, 0.5) is 0 Å². The van der Waals surface area contributed by atoms with Gasteiger partial charge >= 0.3 is 0 Å². The van der Waals surface area contributed by atoms with Gasteiger partial charge in [-0.2, -0.15) is 0 Å². The Balaban J connectivity index is 0. The van der Waals surface area contributed by atoms with Crippen LogP contribution in [-0.2, 0) is 19.1 Å². The molecule has 0 saturated heterocycles. The van der Waals surface area contributed by atoms with E-state index in [0.29, 0.717) is 12.7 Å². The molecular weight excluding hydrogens is 232 g/mol. The van der Waals surface area contributed by atoms with Gasteiger partial charge in [0.05, 0.1) is 0 Å². The minimum atomic E-state index is -0.259. The van der Waals surface area contributed by atoms with Crippen LogP contribution in [0.2, 0.25) is 0 Å². The van der Waals surface area contributed by atoms with Crippen LogP contribution in [0.3, 0.4) is 0 Å². The Morgan fingerprint density at radius 2 is 1.56 bits per heavy atom. The van der Waals surface area contributed by atoms with Crippen molar-refractivity contribution in [3.05, 3.63) is 0 Å². The monoisotopic (exact) mass is 260 g/mol. The smallest absolute Gasteiger partial charge is 0.195 e. The summed E-state index contributed by atoms with van der Waals surface area (Å²) in [6.45, 7) is 4.01. The second-order valence-electron chi connectivity index (χ2n) is 4.14. The van der Waals surface area contributed by atoms with E-state index in [2.05, 4.69) is 16.4 Å². The minimum absolute atomic E-state index is 0.0648. The fourth-order valence-electron chi connectivity index (χ4n) is 1.23. The summed E-state index contributed by atoms with van der Waals surface area (Å²) in [5.41, 5.74) is 0. The number of Topliss-reactive ketones (excluding diaryl/α,β-unsaturated/α-hetero) is 1. The standard InChI is InChI=1S/C10H18O2.C4H10O2/c1-2-3-4-5-6-7-8-10(12)9-11;1-4(5-2)6-3/h9H,2-8H2,1H3;4H,1-3H3. The van der Waals surface area contributed by atoms with E-state index in [0.717, 1.165) is 12.8 Å². The quantitative estimate of drug-likeness (QED) is 0.262. The highest BCUT2D eigenvalue weighted by atomic mass is 16.7. The molecule has 108 valence electrons. The third kappa shape index (κ3) is 17.6. The molecule has 0 fully saturated rings. The van der Waals surface area contributed by atoms with Crippen molar-refractivity contribution in [1.82, 2.24) is 0 Å². The van der Waals surface area contributed by atoms with E-state index in [4.69, 9.17) is 0 Å². The lowest BCUT2D eigenvalue weighted by Crippen LogP contribution is -2.05. The molecule has 0 aromatic rings. The maximum Gasteiger partial charge on any atom is 0.195 e. The largest absolute Gasteiger partial charge is 0.356 e. The normalized spacial score (nSPS) is 9.83. The highest BCUT2D eigenvalue weighted by Crippen LogP contribution is 2.06. The summed E-state index contributed by atoms with van der Waals surface area (Å²) in [6.07, 6.45) is 7.73. The Kier molecular flexibility index (Phi) is 17.7. The number of unbranched alkanes of at least 4 members (excludes halogenated alkanes) is 5. The van der Waals surface area contributed by atoms with Crippen LogP contribution >= 0.6 is 0 Å². The Bertz CT molecular complexity index is 188. The molecule has 0 aromatic carbocycles. The third-order valence-corrected chi connectivity index (χ3v) is 2.57. The van der Waals surface area contributed by atoms with E-state index in [1.165, 1.54) is 25.7 Å². The number of carbonyl (C=O) groups is 2. The average molecular weight is 260 g/mol. The zero-order chi connectivity index (χ0) is 14.2. The number of aldehydes is 1. The Morgan fingerprint density at radius 3 is 1.94 bits per heavy atom. The summed E-state index contributed by atoms with van der Waals surface area (Å²) >= 11 is 0. The molecule has 0 radical (unpaired) electrons. The molecule has 0 amide bonds. The van der Waals surface area contributed by atoms with Crippen molar-refractivity contribution in [3.8, 4) is 0 Å². The van der Waals surface area contributed by atoms with Gasteiger partial charge in [-0.1, -0.05) is 39.0 Å². The average Bonchev–Trinajstić information content (AvgIpc) is 2.42. The third-order valence-electron chi connectivity index (χ3n) is 2.57. The first kappa shape index (κ1) is 19.6. The molecule has 4 nitrogen and oxygen atoms in total. The van der Waals surface area contributed by atoms with Gasteiger partial charge < -0.3 is 9.47 Å². The molecule has 0 bridgehead atoms. The number of ketones is 1. The molecule has 0 unspecified atom stereocenters. The van der Waals surface area contributed by atoms with Gasteiger partial charge in [-0.15, -0.1) is 0 Å². The van der Waals surface area contributed by atoms with Gasteiger partial charge in [0.15, 0.2) is 18.4 Å². The van der Waals surface area contributed by atoms with Gasteiger partial charge in [-0.25, -0.2) is 0 Å². The number of methoxy groups -OCH3 is 2. The second-order valence-corrected chi connectivity index (χ2v) is 4.14. The number of hydrogen-bond donors (Lipinski definition) is 0. The molecule has 4 heteroatoms. The Hall–Kier alpha value is -0.740. The fourth-order valence-corrected chi connectivity index (χ4v) is 1.23. The van der Waals surface area contributed by atoms with Crippen LogP contribution in [0.25, 0.3) is 0 Å².